The molecular formula is C12H22N2S. The Kier molecular flexibility index (Phi) is 5.88. The molecule has 0 aliphatic rings. The van der Waals surface area contributed by atoms with Gasteiger partial charge in [0.05, 0.1) is 5.01 Å². The predicted molar refractivity (Wildman–Crippen MR) is 67.3 cm³/mol. The lowest BCUT2D eigenvalue weighted by Gasteiger charge is -2.20. The van der Waals surface area contributed by atoms with Gasteiger partial charge in [-0.05, 0) is 31.3 Å². The van der Waals surface area contributed by atoms with Gasteiger partial charge in [-0.3, -0.25) is 0 Å². The third-order valence-corrected chi connectivity index (χ3v) is 3.50. The van der Waals surface area contributed by atoms with Crippen molar-refractivity contribution in [3.63, 3.8) is 0 Å². The summed E-state index contributed by atoms with van der Waals surface area (Å²) >= 11 is 1.77. The molecule has 1 unspecified atom stereocenters. The summed E-state index contributed by atoms with van der Waals surface area (Å²) < 4.78 is 0. The van der Waals surface area contributed by atoms with Crippen LogP contribution in [-0.4, -0.2) is 18.1 Å². The molecular weight excluding hydrogens is 204 g/mol. The van der Waals surface area contributed by atoms with E-state index in [1.165, 1.54) is 11.4 Å². The topological polar surface area (TPSA) is 24.9 Å². The smallest absolute Gasteiger partial charge is 0.0928 e. The molecule has 1 N–H and O–H groups in total. The van der Waals surface area contributed by atoms with Crippen LogP contribution in [0.3, 0.4) is 0 Å². The van der Waals surface area contributed by atoms with E-state index < -0.39 is 0 Å². The average Bonchev–Trinajstić information content (AvgIpc) is 2.69. The summed E-state index contributed by atoms with van der Waals surface area (Å²) in [7, 11) is 0. The van der Waals surface area contributed by atoms with Crippen LogP contribution in [-0.2, 0) is 6.42 Å². The minimum absolute atomic E-state index is 0.711. The van der Waals surface area contributed by atoms with E-state index in [0.29, 0.717) is 5.92 Å². The molecule has 0 aliphatic heterocycles. The maximum Gasteiger partial charge on any atom is 0.0928 e. The van der Waals surface area contributed by atoms with Gasteiger partial charge < -0.3 is 5.32 Å². The molecule has 0 amide bonds. The molecule has 1 aromatic rings. The highest BCUT2D eigenvalue weighted by Crippen LogP contribution is 2.17. The molecule has 0 aromatic carbocycles. The van der Waals surface area contributed by atoms with E-state index >= 15 is 0 Å². The van der Waals surface area contributed by atoms with Crippen molar-refractivity contribution in [2.45, 2.75) is 33.6 Å². The van der Waals surface area contributed by atoms with E-state index in [2.05, 4.69) is 36.5 Å². The van der Waals surface area contributed by atoms with Gasteiger partial charge in [0.15, 0.2) is 0 Å². The zero-order valence-electron chi connectivity index (χ0n) is 9.99. The van der Waals surface area contributed by atoms with E-state index in [1.807, 2.05) is 6.20 Å². The maximum atomic E-state index is 4.36. The van der Waals surface area contributed by atoms with Crippen molar-refractivity contribution >= 4 is 11.3 Å². The predicted octanol–water partition coefficient (Wildman–Crippen LogP) is 2.96. The Morgan fingerprint density at radius 1 is 1.47 bits per heavy atom. The average molecular weight is 226 g/mol. The lowest BCUT2D eigenvalue weighted by molar-refractivity contribution is 0.360. The first-order valence-corrected chi connectivity index (χ1v) is 6.71. The molecule has 86 valence electrons. The number of nitrogens with zero attached hydrogens (tertiary/aromatic N) is 1. The molecule has 0 radical (unpaired) electrons. The van der Waals surface area contributed by atoms with Gasteiger partial charge in [-0.2, -0.15) is 0 Å². The first-order chi connectivity index (χ1) is 7.24. The fourth-order valence-electron chi connectivity index (χ4n) is 1.59. The lowest BCUT2D eigenvalue weighted by Crippen LogP contribution is -2.28. The molecule has 15 heavy (non-hydrogen) atoms. The van der Waals surface area contributed by atoms with Crippen LogP contribution in [0.15, 0.2) is 11.6 Å². The minimum Gasteiger partial charge on any atom is -0.316 e. The van der Waals surface area contributed by atoms with Crippen LogP contribution >= 0.6 is 11.3 Å². The van der Waals surface area contributed by atoms with E-state index in [-0.39, 0.29) is 0 Å². The van der Waals surface area contributed by atoms with Crippen molar-refractivity contribution in [2.24, 2.45) is 11.8 Å². The molecule has 0 fully saturated rings. The van der Waals surface area contributed by atoms with Crippen LogP contribution in [0.4, 0.5) is 0 Å². The van der Waals surface area contributed by atoms with Crippen molar-refractivity contribution in [3.8, 4) is 0 Å². The van der Waals surface area contributed by atoms with Crippen LogP contribution in [0.2, 0.25) is 0 Å². The molecule has 1 atom stereocenters. The summed E-state index contributed by atoms with van der Waals surface area (Å²) in [4.78, 5) is 4.36. The highest BCUT2D eigenvalue weighted by atomic mass is 32.1. The second-order valence-corrected chi connectivity index (χ2v) is 5.32. The van der Waals surface area contributed by atoms with E-state index in [0.717, 1.165) is 25.4 Å². The third kappa shape index (κ3) is 4.76. The number of hydrogen-bond acceptors (Lipinski definition) is 3. The molecule has 0 spiro atoms. The van der Waals surface area contributed by atoms with Gasteiger partial charge in [0.25, 0.3) is 0 Å². The second kappa shape index (κ2) is 6.96. The molecule has 0 saturated carbocycles. The van der Waals surface area contributed by atoms with Crippen molar-refractivity contribution in [1.82, 2.24) is 10.3 Å². The van der Waals surface area contributed by atoms with Crippen molar-refractivity contribution < 1.29 is 0 Å². The van der Waals surface area contributed by atoms with Crippen LogP contribution in [0, 0.1) is 11.8 Å². The second-order valence-electron chi connectivity index (χ2n) is 4.34. The van der Waals surface area contributed by atoms with Gasteiger partial charge in [0, 0.05) is 18.0 Å². The molecule has 0 aliphatic carbocycles. The molecule has 1 aromatic heterocycles. The summed E-state index contributed by atoms with van der Waals surface area (Å²) in [5.41, 5.74) is 0. The highest BCUT2D eigenvalue weighted by molar-refractivity contribution is 7.09. The Labute approximate surface area is 97.1 Å². The monoisotopic (exact) mass is 226 g/mol. The Hall–Kier alpha value is -0.410. The summed E-state index contributed by atoms with van der Waals surface area (Å²) in [5.74, 6) is 1.43. The maximum absolute atomic E-state index is 4.36. The molecule has 0 saturated heterocycles. The Balaban J connectivity index is 2.37. The molecule has 0 bridgehead atoms. The SMILES string of the molecule is CCCNCC(Cc1nccs1)C(C)C. The summed E-state index contributed by atoms with van der Waals surface area (Å²) in [6.07, 6.45) is 4.23. The zero-order valence-corrected chi connectivity index (χ0v) is 10.8. The zero-order chi connectivity index (χ0) is 11.1. The van der Waals surface area contributed by atoms with Gasteiger partial charge in [0.2, 0.25) is 0 Å². The van der Waals surface area contributed by atoms with Crippen LogP contribution in [0.25, 0.3) is 0 Å². The quantitative estimate of drug-likeness (QED) is 0.723. The summed E-state index contributed by atoms with van der Waals surface area (Å²) in [6, 6.07) is 0. The van der Waals surface area contributed by atoms with Crippen molar-refractivity contribution in [3.05, 3.63) is 16.6 Å². The number of rotatable bonds is 7. The van der Waals surface area contributed by atoms with Crippen LogP contribution < -0.4 is 5.32 Å². The van der Waals surface area contributed by atoms with Crippen molar-refractivity contribution in [1.29, 1.82) is 0 Å². The highest BCUT2D eigenvalue weighted by Gasteiger charge is 2.14. The molecule has 1 heterocycles. The Morgan fingerprint density at radius 3 is 2.80 bits per heavy atom. The van der Waals surface area contributed by atoms with E-state index in [1.54, 1.807) is 11.3 Å². The van der Waals surface area contributed by atoms with E-state index in [4.69, 9.17) is 0 Å². The Bertz CT molecular complexity index is 244. The fourth-order valence-corrected chi connectivity index (χ4v) is 2.30. The Morgan fingerprint density at radius 2 is 2.27 bits per heavy atom. The molecule has 1 rings (SSSR count). The minimum atomic E-state index is 0.711. The third-order valence-electron chi connectivity index (χ3n) is 2.70. The van der Waals surface area contributed by atoms with Gasteiger partial charge in [-0.15, -0.1) is 11.3 Å². The molecule has 3 heteroatoms. The first kappa shape index (κ1) is 12.7. The normalized spacial score (nSPS) is 13.3. The largest absolute Gasteiger partial charge is 0.316 e. The molecule has 2 nitrogen and oxygen atoms in total. The lowest BCUT2D eigenvalue weighted by atomic mass is 9.93. The van der Waals surface area contributed by atoms with Gasteiger partial charge in [-0.1, -0.05) is 20.8 Å². The van der Waals surface area contributed by atoms with Gasteiger partial charge in [-0.25, -0.2) is 4.98 Å². The van der Waals surface area contributed by atoms with Crippen molar-refractivity contribution in [2.75, 3.05) is 13.1 Å². The summed E-state index contributed by atoms with van der Waals surface area (Å²) in [5, 5.41) is 6.84. The van der Waals surface area contributed by atoms with Gasteiger partial charge >= 0.3 is 0 Å². The van der Waals surface area contributed by atoms with Crippen LogP contribution in [0.1, 0.15) is 32.2 Å². The first-order valence-electron chi connectivity index (χ1n) is 5.83. The number of thiazole rings is 1. The fraction of sp³-hybridized carbons (Fsp3) is 0.750. The number of aromatic nitrogens is 1. The van der Waals surface area contributed by atoms with Crippen LogP contribution in [0.5, 0.6) is 0 Å². The van der Waals surface area contributed by atoms with Gasteiger partial charge in [0.1, 0.15) is 0 Å². The number of nitrogens with one attached hydrogen (secondary N) is 1. The van der Waals surface area contributed by atoms with E-state index in [9.17, 15) is 0 Å². The number of hydrogen-bond donors (Lipinski definition) is 1. The standard InChI is InChI=1S/C12H22N2S/c1-4-5-13-9-11(10(2)3)8-12-14-6-7-15-12/h6-7,10-11,13H,4-5,8-9H2,1-3H3. The summed E-state index contributed by atoms with van der Waals surface area (Å²) in [6.45, 7) is 9.04.